The molecular weight excluding hydrogens is 580 g/mol. The Hall–Kier alpha value is -2.72. The van der Waals surface area contributed by atoms with Gasteiger partial charge in [-0.15, -0.1) is 0 Å². The number of nitrogens with two attached hydrogens (primary N) is 1. The molecule has 0 unspecified atom stereocenters. The van der Waals surface area contributed by atoms with Gasteiger partial charge in [0.1, 0.15) is 0 Å². The predicted octanol–water partition coefficient (Wildman–Crippen LogP) is -0.175. The van der Waals surface area contributed by atoms with Crippen LogP contribution in [0.4, 0.5) is 0 Å². The summed E-state index contributed by atoms with van der Waals surface area (Å²) in [7, 11) is -3.54. The lowest BCUT2D eigenvalue weighted by molar-refractivity contribution is -0.125. The van der Waals surface area contributed by atoms with Crippen molar-refractivity contribution in [3.8, 4) is 0 Å². The molecule has 1 aromatic carbocycles. The third-order valence-corrected chi connectivity index (χ3v) is 9.51. The molecule has 232 valence electrons. The monoisotopic (exact) mass is 620 g/mol. The summed E-state index contributed by atoms with van der Waals surface area (Å²) in [6.45, 7) is 0.264. The number of sulfone groups is 2. The Labute approximate surface area is 241 Å². The summed E-state index contributed by atoms with van der Waals surface area (Å²) in [5, 5.41) is 2.64. The summed E-state index contributed by atoms with van der Waals surface area (Å²) in [5.41, 5.74) is 5.40. The highest BCUT2D eigenvalue weighted by molar-refractivity contribution is 7.92. The largest absolute Gasteiger partial charge is 0.384 e. The zero-order valence-corrected chi connectivity index (χ0v) is 25.3. The molecule has 0 radical (unpaired) electrons. The zero-order valence-electron chi connectivity index (χ0n) is 23.6. The highest BCUT2D eigenvalue weighted by Crippen LogP contribution is 2.19. The van der Waals surface area contributed by atoms with Crippen LogP contribution in [0.2, 0.25) is 0 Å². The van der Waals surface area contributed by atoms with Gasteiger partial charge in [0.25, 0.3) is 0 Å². The van der Waals surface area contributed by atoms with Crippen molar-refractivity contribution < 1.29 is 50.2 Å². The Morgan fingerprint density at radius 2 is 1.27 bits per heavy atom. The molecule has 0 saturated carbocycles. The molecule has 41 heavy (non-hydrogen) atoms. The van der Waals surface area contributed by atoms with Crippen LogP contribution >= 0.6 is 0 Å². The fourth-order valence-corrected chi connectivity index (χ4v) is 6.95. The number of benzene rings is 1. The zero-order chi connectivity index (χ0) is 31.1. The molecule has 15 heteroatoms. The van der Waals surface area contributed by atoms with E-state index >= 15 is 0 Å². The smallest absolute Gasteiger partial charge is 0.223 e. The lowest BCUT2D eigenvalue weighted by atomic mass is 9.92. The standard InChI is InChI=1S/C26H40N2O11S2/c1-37-11-10-28-26(32)21(8-9-24(27)30)16-23(29)19-4-6-20(7-5-19)25(31)22(17-40(33,34)14-12-38-2)18-41(35,36)15-13-39-3/h4-7,21-22H,8-18H2,1-3H3,(H2,27,30)(H,28,32)/t21-/m1/s1. The number of amides is 2. The van der Waals surface area contributed by atoms with Crippen molar-refractivity contribution in [2.75, 3.05) is 70.7 Å². The van der Waals surface area contributed by atoms with Crippen LogP contribution < -0.4 is 11.1 Å². The van der Waals surface area contributed by atoms with Gasteiger partial charge in [0.05, 0.1) is 48.7 Å². The van der Waals surface area contributed by atoms with Gasteiger partial charge in [-0.2, -0.15) is 0 Å². The molecule has 0 aliphatic carbocycles. The van der Waals surface area contributed by atoms with Gasteiger partial charge in [0.15, 0.2) is 31.2 Å². The van der Waals surface area contributed by atoms with Gasteiger partial charge >= 0.3 is 0 Å². The van der Waals surface area contributed by atoms with Crippen molar-refractivity contribution in [1.29, 1.82) is 0 Å². The fraction of sp³-hybridized carbons (Fsp3) is 0.615. The van der Waals surface area contributed by atoms with Gasteiger partial charge in [0, 0.05) is 57.8 Å². The van der Waals surface area contributed by atoms with Crippen LogP contribution in [-0.2, 0) is 43.5 Å². The molecule has 0 aliphatic heterocycles. The minimum Gasteiger partial charge on any atom is -0.384 e. The Morgan fingerprint density at radius 1 is 0.780 bits per heavy atom. The molecule has 0 fully saturated rings. The van der Waals surface area contributed by atoms with Crippen molar-refractivity contribution in [3.05, 3.63) is 35.4 Å². The minimum atomic E-state index is -3.83. The van der Waals surface area contributed by atoms with Crippen LogP contribution in [0.1, 0.15) is 40.0 Å². The first-order valence-electron chi connectivity index (χ1n) is 12.9. The number of methoxy groups -OCH3 is 3. The van der Waals surface area contributed by atoms with Crippen LogP contribution in [0.5, 0.6) is 0 Å². The number of hydrogen-bond donors (Lipinski definition) is 2. The van der Waals surface area contributed by atoms with Crippen LogP contribution in [-0.4, -0.2) is 111 Å². The summed E-state index contributed by atoms with van der Waals surface area (Å²) in [5.74, 6) is -6.54. The molecule has 0 heterocycles. The Bertz CT molecular complexity index is 1190. The number of ketones is 2. The Morgan fingerprint density at radius 3 is 1.73 bits per heavy atom. The first kappa shape index (κ1) is 36.3. The Kier molecular flexibility index (Phi) is 15.9. The van der Waals surface area contributed by atoms with Gasteiger partial charge in [-0.1, -0.05) is 24.3 Å². The van der Waals surface area contributed by atoms with Gasteiger partial charge < -0.3 is 25.3 Å². The molecule has 0 aliphatic rings. The normalized spacial score (nSPS) is 12.7. The number of nitrogens with one attached hydrogen (secondary N) is 1. The molecule has 1 rings (SSSR count). The van der Waals surface area contributed by atoms with Crippen molar-refractivity contribution in [2.24, 2.45) is 17.6 Å². The molecule has 3 N–H and O–H groups in total. The van der Waals surface area contributed by atoms with E-state index in [9.17, 15) is 36.0 Å². The SMILES string of the molecule is COCCNC(=O)[C@H](CCC(N)=O)CC(=O)c1ccc(C(=O)C(CS(=O)(=O)CCOC)CS(=O)(=O)CCOC)cc1. The van der Waals surface area contributed by atoms with E-state index in [1.807, 2.05) is 0 Å². The second kappa shape index (κ2) is 18.0. The second-order valence-corrected chi connectivity index (χ2v) is 13.9. The lowest BCUT2D eigenvalue weighted by Crippen LogP contribution is -2.35. The number of primary amides is 1. The molecule has 0 spiro atoms. The predicted molar refractivity (Wildman–Crippen MR) is 151 cm³/mol. The summed E-state index contributed by atoms with van der Waals surface area (Å²) >= 11 is 0. The molecular formula is C26H40N2O11S2. The van der Waals surface area contributed by atoms with Gasteiger partial charge in [-0.25, -0.2) is 16.8 Å². The maximum Gasteiger partial charge on any atom is 0.223 e. The third kappa shape index (κ3) is 14.1. The van der Waals surface area contributed by atoms with Crippen molar-refractivity contribution in [2.45, 2.75) is 19.3 Å². The summed E-state index contributed by atoms with van der Waals surface area (Å²) in [6.07, 6.45) is -0.254. The van der Waals surface area contributed by atoms with Crippen LogP contribution in [0.15, 0.2) is 24.3 Å². The average Bonchev–Trinajstić information content (AvgIpc) is 2.92. The van der Waals surface area contributed by atoms with Crippen LogP contribution in [0, 0.1) is 11.8 Å². The van der Waals surface area contributed by atoms with E-state index in [2.05, 4.69) is 5.32 Å². The van der Waals surface area contributed by atoms with E-state index in [4.69, 9.17) is 19.9 Å². The third-order valence-electron chi connectivity index (χ3n) is 6.12. The molecule has 1 aromatic rings. The second-order valence-electron chi connectivity index (χ2n) is 9.47. The van der Waals surface area contributed by atoms with E-state index in [0.29, 0.717) is 0 Å². The summed E-state index contributed by atoms with van der Waals surface area (Å²) in [6, 6.07) is 5.31. The van der Waals surface area contributed by atoms with Crippen molar-refractivity contribution >= 4 is 43.1 Å². The maximum atomic E-state index is 13.3. The van der Waals surface area contributed by atoms with E-state index in [-0.39, 0.29) is 68.3 Å². The quantitative estimate of drug-likeness (QED) is 0.129. The van der Waals surface area contributed by atoms with Crippen LogP contribution in [0.25, 0.3) is 0 Å². The number of carbonyl (C=O) groups is 4. The van der Waals surface area contributed by atoms with E-state index in [1.54, 1.807) is 0 Å². The summed E-state index contributed by atoms with van der Waals surface area (Å²) < 4.78 is 64.7. The molecule has 0 bridgehead atoms. The molecule has 0 saturated heterocycles. The highest BCUT2D eigenvalue weighted by Gasteiger charge is 2.31. The Balaban J connectivity index is 3.13. The molecule has 13 nitrogen and oxygen atoms in total. The summed E-state index contributed by atoms with van der Waals surface area (Å²) in [4.78, 5) is 50.0. The minimum absolute atomic E-state index is 0.0259. The van der Waals surface area contributed by atoms with E-state index in [0.717, 1.165) is 0 Å². The highest BCUT2D eigenvalue weighted by atomic mass is 32.2. The fourth-order valence-electron chi connectivity index (χ4n) is 3.86. The van der Waals surface area contributed by atoms with Gasteiger partial charge in [-0.05, 0) is 6.42 Å². The van der Waals surface area contributed by atoms with E-state index in [1.165, 1.54) is 45.6 Å². The first-order chi connectivity index (χ1) is 19.2. The van der Waals surface area contributed by atoms with E-state index < -0.39 is 66.4 Å². The molecule has 0 aromatic heterocycles. The number of Topliss-reactive ketones (excluding diaryl/α,β-unsaturated/α-hetero) is 2. The number of carbonyl (C=O) groups excluding carboxylic acids is 4. The van der Waals surface area contributed by atoms with Crippen molar-refractivity contribution in [3.63, 3.8) is 0 Å². The first-order valence-corrected chi connectivity index (χ1v) is 16.5. The lowest BCUT2D eigenvalue weighted by Gasteiger charge is -2.17. The topological polar surface area (TPSA) is 202 Å². The number of rotatable bonds is 22. The average molecular weight is 621 g/mol. The number of ether oxygens (including phenoxy) is 3. The molecule has 1 atom stereocenters. The van der Waals surface area contributed by atoms with Gasteiger partial charge in [-0.3, -0.25) is 19.2 Å². The van der Waals surface area contributed by atoms with Gasteiger partial charge in [0.2, 0.25) is 11.8 Å². The maximum absolute atomic E-state index is 13.3. The number of hydrogen-bond acceptors (Lipinski definition) is 11. The molecule has 2 amide bonds. The van der Waals surface area contributed by atoms with Crippen LogP contribution in [0.3, 0.4) is 0 Å². The van der Waals surface area contributed by atoms with Crippen molar-refractivity contribution in [1.82, 2.24) is 5.32 Å².